The summed E-state index contributed by atoms with van der Waals surface area (Å²) in [5.74, 6) is 11.4. The number of fused-ring (bicyclic) bond motifs is 6. The molecular weight excluding hydrogens is 781 g/mol. The van der Waals surface area contributed by atoms with Crippen LogP contribution in [0.2, 0.25) is 0 Å². The fourth-order valence-corrected chi connectivity index (χ4v) is 15.8. The number of hydrogen-bond donors (Lipinski definition) is 0. The first kappa shape index (κ1) is 40.7. The molecule has 0 N–H and O–H groups in total. The maximum atomic E-state index is 7.12. The summed E-state index contributed by atoms with van der Waals surface area (Å²) < 4.78 is 19.6. The van der Waals surface area contributed by atoms with E-state index in [1.807, 2.05) is 0 Å². The predicted octanol–water partition coefficient (Wildman–Crippen LogP) is 16.3. The van der Waals surface area contributed by atoms with Gasteiger partial charge in [-0.15, -0.1) is 0 Å². The SMILES string of the molecule is CC(C)COc1ccc(C(C)CC(CC(C)c2ccc(Oc3ccc4cc5ccccc5cc4c3)cc2)c2ccc(OC3CC45CCC6C7CCC8(CCC(C3C4)C5C68)C7)cc2)cc1. The minimum Gasteiger partial charge on any atom is -0.493 e. The first-order valence-corrected chi connectivity index (χ1v) is 25.4. The Balaban J connectivity index is 0.747. The zero-order valence-corrected chi connectivity index (χ0v) is 38.7. The minimum absolute atomic E-state index is 0.379. The number of benzene rings is 6. The molecule has 3 nitrogen and oxygen atoms in total. The Labute approximate surface area is 382 Å². The second kappa shape index (κ2) is 16.0. The Morgan fingerprint density at radius 1 is 0.500 bits per heavy atom. The van der Waals surface area contributed by atoms with E-state index in [4.69, 9.17) is 14.2 Å². The van der Waals surface area contributed by atoms with Crippen LogP contribution in [0.25, 0.3) is 21.5 Å². The number of rotatable bonds is 14. The normalized spacial score (nSPS) is 31.0. The van der Waals surface area contributed by atoms with Crippen molar-refractivity contribution < 1.29 is 14.2 Å². The highest BCUT2D eigenvalue weighted by Gasteiger charge is 2.74. The molecule has 6 fully saturated rings. The van der Waals surface area contributed by atoms with E-state index in [2.05, 4.69) is 155 Å². The van der Waals surface area contributed by atoms with E-state index >= 15 is 0 Å². The van der Waals surface area contributed by atoms with Gasteiger partial charge in [0.05, 0.1) is 6.61 Å². The molecule has 0 radical (unpaired) electrons. The molecule has 12 rings (SSSR count). The van der Waals surface area contributed by atoms with Crippen LogP contribution in [0.15, 0.2) is 127 Å². The second-order valence-electron chi connectivity index (χ2n) is 22.6. The zero-order chi connectivity index (χ0) is 43.2. The molecule has 0 amide bonds. The van der Waals surface area contributed by atoms with Crippen molar-refractivity contribution in [3.63, 3.8) is 0 Å². The Morgan fingerprint density at radius 2 is 1.08 bits per heavy atom. The molecule has 6 saturated carbocycles. The summed E-state index contributed by atoms with van der Waals surface area (Å²) in [4.78, 5) is 0. The first-order chi connectivity index (χ1) is 31.2. The van der Waals surface area contributed by atoms with E-state index in [0.717, 1.165) is 83.4 Å². The van der Waals surface area contributed by atoms with Crippen LogP contribution in [0.4, 0.5) is 0 Å². The van der Waals surface area contributed by atoms with Crippen LogP contribution in [-0.2, 0) is 0 Å². The Kier molecular flexibility index (Phi) is 10.2. The highest BCUT2D eigenvalue weighted by molar-refractivity contribution is 5.98. The van der Waals surface area contributed by atoms with Gasteiger partial charge in [0.1, 0.15) is 29.1 Å². The van der Waals surface area contributed by atoms with E-state index in [1.165, 1.54) is 76.8 Å². The molecule has 12 unspecified atom stereocenters. The molecule has 2 spiro atoms. The van der Waals surface area contributed by atoms with Crippen molar-refractivity contribution in [1.29, 1.82) is 0 Å². The fraction of sp³-hybridized carbons (Fsp3) is 0.475. The van der Waals surface area contributed by atoms with Gasteiger partial charge >= 0.3 is 0 Å². The third kappa shape index (κ3) is 7.14. The van der Waals surface area contributed by atoms with Gasteiger partial charge in [0.15, 0.2) is 0 Å². The smallest absolute Gasteiger partial charge is 0.128 e. The summed E-state index contributed by atoms with van der Waals surface area (Å²) in [6.45, 7) is 9.95. The standard InChI is InChI=1S/C61H68O3/c1-38(2)37-62-50-16-9-41(10-17-50)39(3)29-48(30-40(4)42-11-18-51(19-12-42)63-53-22-15-46-31-44-7-5-6-8-45(44)32-49(46)33-53)43-13-20-52(21-14-43)64-57-36-61-28-24-54-47-23-26-60(34-47)27-25-55(56(57)35-61)59(61)58(54)60/h5-22,31-33,38-40,47-48,54-59H,23-30,34-37H2,1-4H3. The molecule has 4 bridgehead atoms. The molecule has 0 heterocycles. The maximum absolute atomic E-state index is 7.12. The van der Waals surface area contributed by atoms with Crippen LogP contribution in [0, 0.1) is 52.3 Å². The van der Waals surface area contributed by atoms with E-state index in [0.29, 0.717) is 35.2 Å². The van der Waals surface area contributed by atoms with Gasteiger partial charge in [0.25, 0.3) is 0 Å². The summed E-state index contributed by atoms with van der Waals surface area (Å²) >= 11 is 0. The quantitative estimate of drug-likeness (QED) is 0.102. The van der Waals surface area contributed by atoms with Crippen molar-refractivity contribution in [1.82, 2.24) is 0 Å². The highest BCUT2D eigenvalue weighted by Crippen LogP contribution is 2.80. The average Bonchev–Trinajstić information content (AvgIpc) is 4.07. The van der Waals surface area contributed by atoms with Crippen molar-refractivity contribution in [3.05, 3.63) is 144 Å². The monoisotopic (exact) mass is 849 g/mol. The molecule has 0 aliphatic heterocycles. The fourth-order valence-electron chi connectivity index (χ4n) is 15.8. The van der Waals surface area contributed by atoms with E-state index in [-0.39, 0.29) is 0 Å². The summed E-state index contributed by atoms with van der Waals surface area (Å²) in [6, 6.07) is 46.7. The van der Waals surface area contributed by atoms with Crippen molar-refractivity contribution in [2.45, 2.75) is 122 Å². The molecule has 12 atom stereocenters. The first-order valence-electron chi connectivity index (χ1n) is 25.4. The lowest BCUT2D eigenvalue weighted by atomic mass is 9.46. The van der Waals surface area contributed by atoms with Crippen molar-refractivity contribution >= 4 is 21.5 Å². The van der Waals surface area contributed by atoms with Crippen LogP contribution in [0.3, 0.4) is 0 Å². The summed E-state index contributed by atoms with van der Waals surface area (Å²) in [7, 11) is 0. The van der Waals surface area contributed by atoms with E-state index in [1.54, 1.807) is 19.3 Å². The molecular formula is C61H68O3. The Morgan fingerprint density at radius 3 is 1.80 bits per heavy atom. The second-order valence-corrected chi connectivity index (χ2v) is 22.6. The molecule has 64 heavy (non-hydrogen) atoms. The van der Waals surface area contributed by atoms with Crippen molar-refractivity contribution in [2.24, 2.45) is 52.3 Å². The summed E-state index contributed by atoms with van der Waals surface area (Å²) in [5.41, 5.74) is 5.46. The van der Waals surface area contributed by atoms with Gasteiger partial charge in [0, 0.05) is 0 Å². The molecule has 6 aliphatic rings. The van der Waals surface area contributed by atoms with Gasteiger partial charge in [-0.3, -0.25) is 0 Å². The zero-order valence-electron chi connectivity index (χ0n) is 38.7. The van der Waals surface area contributed by atoms with E-state index in [9.17, 15) is 0 Å². The van der Waals surface area contributed by atoms with E-state index < -0.39 is 0 Å². The maximum Gasteiger partial charge on any atom is 0.128 e. The van der Waals surface area contributed by atoms with Gasteiger partial charge in [0.2, 0.25) is 0 Å². The lowest BCUT2D eigenvalue weighted by Crippen LogP contribution is -2.54. The van der Waals surface area contributed by atoms with Gasteiger partial charge in [-0.2, -0.15) is 0 Å². The number of ether oxygens (including phenoxy) is 3. The highest BCUT2D eigenvalue weighted by atomic mass is 16.5. The lowest BCUT2D eigenvalue weighted by Gasteiger charge is -2.59. The molecule has 6 aliphatic carbocycles. The van der Waals surface area contributed by atoms with Gasteiger partial charge < -0.3 is 14.2 Å². The Hall–Kier alpha value is -4.76. The molecule has 330 valence electrons. The minimum atomic E-state index is 0.379. The molecule has 6 aromatic rings. The van der Waals surface area contributed by atoms with Gasteiger partial charge in [-0.1, -0.05) is 94.4 Å². The van der Waals surface area contributed by atoms with Crippen LogP contribution in [0.1, 0.15) is 133 Å². The Bertz CT molecular complexity index is 2630. The van der Waals surface area contributed by atoms with Gasteiger partial charge in [-0.25, -0.2) is 0 Å². The molecule has 0 saturated heterocycles. The average molecular weight is 849 g/mol. The topological polar surface area (TPSA) is 27.7 Å². The third-order valence-corrected chi connectivity index (χ3v) is 18.5. The van der Waals surface area contributed by atoms with Crippen molar-refractivity contribution in [3.8, 4) is 23.0 Å². The predicted molar refractivity (Wildman–Crippen MR) is 262 cm³/mol. The lowest BCUT2D eigenvalue weighted by molar-refractivity contribution is -0.119. The summed E-state index contributed by atoms with van der Waals surface area (Å²) in [6.07, 6.45) is 16.0. The molecule has 6 aromatic carbocycles. The van der Waals surface area contributed by atoms with Crippen LogP contribution in [-0.4, -0.2) is 12.7 Å². The molecule has 0 aromatic heterocycles. The largest absolute Gasteiger partial charge is 0.493 e. The van der Waals surface area contributed by atoms with Crippen LogP contribution in [0.5, 0.6) is 23.0 Å². The summed E-state index contributed by atoms with van der Waals surface area (Å²) in [5, 5.41) is 4.93. The molecule has 3 heteroatoms. The van der Waals surface area contributed by atoms with Crippen molar-refractivity contribution in [2.75, 3.05) is 6.61 Å². The third-order valence-electron chi connectivity index (χ3n) is 18.5. The number of hydrogen-bond acceptors (Lipinski definition) is 3. The van der Waals surface area contributed by atoms with Crippen LogP contribution < -0.4 is 14.2 Å². The van der Waals surface area contributed by atoms with Crippen LogP contribution >= 0.6 is 0 Å². The van der Waals surface area contributed by atoms with Gasteiger partial charge in [-0.05, 0) is 240 Å².